The van der Waals surface area contributed by atoms with Gasteiger partial charge in [-0.15, -0.1) is 16.9 Å². The molecule has 6 nitrogen and oxygen atoms in total. The number of rotatable bonds is 7. The average molecular weight is 447 g/mol. The molecule has 0 aliphatic carbocycles. The quantitative estimate of drug-likeness (QED) is 0.528. The highest BCUT2D eigenvalue weighted by atomic mass is 35.5. The summed E-state index contributed by atoms with van der Waals surface area (Å²) < 4.78 is 20.4. The number of nitrogens with zero attached hydrogens (tertiary/aromatic N) is 3. The molecule has 0 spiro atoms. The summed E-state index contributed by atoms with van der Waals surface area (Å²) >= 11 is 7.49. The van der Waals surface area contributed by atoms with Crippen LogP contribution in [0, 0.1) is 5.82 Å². The van der Waals surface area contributed by atoms with Crippen LogP contribution in [-0.4, -0.2) is 33.6 Å². The fourth-order valence-electron chi connectivity index (χ4n) is 3.24. The number of aromatic nitrogens is 3. The van der Waals surface area contributed by atoms with Crippen molar-refractivity contribution >= 4 is 35.0 Å². The largest absolute Gasteiger partial charge is 0.376 e. The van der Waals surface area contributed by atoms with Gasteiger partial charge in [-0.2, -0.15) is 0 Å². The zero-order chi connectivity index (χ0) is 20.9. The molecule has 0 saturated carbocycles. The van der Waals surface area contributed by atoms with Gasteiger partial charge in [-0.1, -0.05) is 22.9 Å². The van der Waals surface area contributed by atoms with Crippen LogP contribution < -0.4 is 5.32 Å². The van der Waals surface area contributed by atoms with Crippen molar-refractivity contribution < 1.29 is 13.9 Å². The van der Waals surface area contributed by atoms with Crippen LogP contribution in [0.25, 0.3) is 0 Å². The van der Waals surface area contributed by atoms with Gasteiger partial charge in [-0.3, -0.25) is 4.79 Å². The lowest BCUT2D eigenvalue weighted by Gasteiger charge is -2.13. The minimum atomic E-state index is -0.310. The molecule has 1 atom stereocenters. The Morgan fingerprint density at radius 1 is 1.30 bits per heavy atom. The normalized spacial score (nSPS) is 16.0. The summed E-state index contributed by atoms with van der Waals surface area (Å²) in [6.45, 7) is 1.18. The van der Waals surface area contributed by atoms with Crippen LogP contribution in [0.15, 0.2) is 53.4 Å². The lowest BCUT2D eigenvalue weighted by atomic mass is 10.2. The van der Waals surface area contributed by atoms with Gasteiger partial charge in [0.1, 0.15) is 11.5 Å². The fraction of sp³-hybridized carbons (Fsp3) is 0.286. The second-order valence-corrected chi connectivity index (χ2v) is 8.39. The molecule has 9 heteroatoms. The summed E-state index contributed by atoms with van der Waals surface area (Å²) in [5, 5.41) is 11.9. The number of hydrogen-bond donors (Lipinski definition) is 1. The van der Waals surface area contributed by atoms with E-state index in [1.807, 2.05) is 0 Å². The Morgan fingerprint density at radius 2 is 2.13 bits per heavy atom. The summed E-state index contributed by atoms with van der Waals surface area (Å²) in [4.78, 5) is 14.0. The Hall–Kier alpha value is -2.42. The Kier molecular flexibility index (Phi) is 6.66. The molecule has 1 aromatic heterocycles. The first-order valence-corrected chi connectivity index (χ1v) is 10.9. The van der Waals surface area contributed by atoms with E-state index in [0.717, 1.165) is 24.3 Å². The molecular formula is C21H20ClFN4O2S. The van der Waals surface area contributed by atoms with Gasteiger partial charge in [0.25, 0.3) is 5.91 Å². The molecule has 1 unspecified atom stereocenters. The van der Waals surface area contributed by atoms with E-state index in [9.17, 15) is 9.18 Å². The van der Waals surface area contributed by atoms with E-state index in [0.29, 0.717) is 34.4 Å². The first kappa shape index (κ1) is 20.8. The number of halogens is 2. The number of anilines is 1. The molecule has 0 radical (unpaired) electrons. The highest BCUT2D eigenvalue weighted by Crippen LogP contribution is 2.25. The van der Waals surface area contributed by atoms with Crippen molar-refractivity contribution in [3.8, 4) is 0 Å². The molecule has 156 valence electrons. The second kappa shape index (κ2) is 9.59. The first-order valence-electron chi connectivity index (χ1n) is 9.58. The smallest absolute Gasteiger partial charge is 0.275 e. The van der Waals surface area contributed by atoms with Crippen LogP contribution >= 0.6 is 23.4 Å². The van der Waals surface area contributed by atoms with Crippen molar-refractivity contribution in [2.45, 2.75) is 36.1 Å². The maximum atomic E-state index is 13.1. The molecule has 1 aliphatic rings. The number of thioether (sulfide) groups is 1. The van der Waals surface area contributed by atoms with E-state index in [1.54, 1.807) is 41.1 Å². The average Bonchev–Trinajstić information content (AvgIpc) is 3.38. The molecule has 4 rings (SSSR count). The Morgan fingerprint density at radius 3 is 2.87 bits per heavy atom. The van der Waals surface area contributed by atoms with Crippen molar-refractivity contribution in [1.29, 1.82) is 0 Å². The van der Waals surface area contributed by atoms with Gasteiger partial charge in [0.15, 0.2) is 5.69 Å². The zero-order valence-electron chi connectivity index (χ0n) is 16.1. The van der Waals surface area contributed by atoms with E-state index in [1.165, 1.54) is 23.9 Å². The molecule has 1 N–H and O–H groups in total. The molecule has 3 aromatic rings. The molecule has 1 saturated heterocycles. The third-order valence-corrected chi connectivity index (χ3v) is 5.95. The standard InChI is InChI=1S/C21H20ClFN4O2S/c22-14-3-1-4-16(11-14)24-21(28)20-19(13-30-18-8-6-15(23)7-9-18)25-26-27(20)12-17-5-2-10-29-17/h1,3-4,6-9,11,17H,2,5,10,12-13H2,(H,24,28). The third-order valence-electron chi connectivity index (χ3n) is 4.69. The zero-order valence-corrected chi connectivity index (χ0v) is 17.6. The number of ether oxygens (including phenoxy) is 1. The summed E-state index contributed by atoms with van der Waals surface area (Å²) in [6, 6.07) is 13.2. The van der Waals surface area contributed by atoms with Crippen molar-refractivity contribution in [2.75, 3.05) is 11.9 Å². The van der Waals surface area contributed by atoms with Crippen molar-refractivity contribution in [1.82, 2.24) is 15.0 Å². The van der Waals surface area contributed by atoms with Crippen molar-refractivity contribution in [3.63, 3.8) is 0 Å². The highest BCUT2D eigenvalue weighted by molar-refractivity contribution is 7.98. The minimum Gasteiger partial charge on any atom is -0.376 e. The number of benzene rings is 2. The van der Waals surface area contributed by atoms with Crippen LogP contribution in [0.2, 0.25) is 5.02 Å². The SMILES string of the molecule is O=C(Nc1cccc(Cl)c1)c1c(CSc2ccc(F)cc2)nnn1CC1CCCO1. The minimum absolute atomic E-state index is 0.0158. The van der Waals surface area contributed by atoms with Crippen molar-refractivity contribution in [2.24, 2.45) is 0 Å². The molecule has 1 fully saturated rings. The second-order valence-electron chi connectivity index (χ2n) is 6.91. The number of nitrogens with one attached hydrogen (secondary N) is 1. The molecule has 30 heavy (non-hydrogen) atoms. The number of amides is 1. The van der Waals surface area contributed by atoms with Gasteiger partial charge in [0.05, 0.1) is 12.6 Å². The number of carbonyl (C=O) groups is 1. The van der Waals surface area contributed by atoms with E-state index in [-0.39, 0.29) is 17.8 Å². The topological polar surface area (TPSA) is 69.0 Å². The number of hydrogen-bond acceptors (Lipinski definition) is 5. The highest BCUT2D eigenvalue weighted by Gasteiger charge is 2.24. The van der Waals surface area contributed by atoms with Crippen LogP contribution in [-0.2, 0) is 17.0 Å². The molecule has 2 aromatic carbocycles. The van der Waals surface area contributed by atoms with Crippen LogP contribution in [0.1, 0.15) is 29.0 Å². The van der Waals surface area contributed by atoms with Gasteiger partial charge < -0.3 is 10.1 Å². The van der Waals surface area contributed by atoms with Crippen LogP contribution in [0.5, 0.6) is 0 Å². The first-order chi connectivity index (χ1) is 14.6. The predicted octanol–water partition coefficient (Wildman–Crippen LogP) is 4.79. The summed E-state index contributed by atoms with van der Waals surface area (Å²) in [6.07, 6.45) is 1.94. The Bertz CT molecular complexity index is 1020. The third kappa shape index (κ3) is 5.19. The van der Waals surface area contributed by atoms with Crippen LogP contribution in [0.3, 0.4) is 0 Å². The molecule has 1 amide bonds. The van der Waals surface area contributed by atoms with Gasteiger partial charge >= 0.3 is 0 Å². The van der Waals surface area contributed by atoms with Gasteiger partial charge in [0.2, 0.25) is 0 Å². The van der Waals surface area contributed by atoms with E-state index in [4.69, 9.17) is 16.3 Å². The van der Waals surface area contributed by atoms with Crippen LogP contribution in [0.4, 0.5) is 10.1 Å². The molecular weight excluding hydrogens is 427 g/mol. The Labute approximate surface area is 182 Å². The van der Waals surface area contributed by atoms with Gasteiger partial charge in [-0.05, 0) is 55.3 Å². The number of carbonyl (C=O) groups excluding carboxylic acids is 1. The lowest BCUT2D eigenvalue weighted by molar-refractivity contribution is 0.0899. The monoisotopic (exact) mass is 446 g/mol. The predicted molar refractivity (Wildman–Crippen MR) is 114 cm³/mol. The van der Waals surface area contributed by atoms with E-state index in [2.05, 4.69) is 15.6 Å². The summed E-state index contributed by atoms with van der Waals surface area (Å²) in [5.74, 6) is -0.173. The molecule has 1 aliphatic heterocycles. The van der Waals surface area contributed by atoms with E-state index < -0.39 is 0 Å². The molecule has 2 heterocycles. The Balaban J connectivity index is 1.56. The lowest BCUT2D eigenvalue weighted by Crippen LogP contribution is -2.23. The van der Waals surface area contributed by atoms with Gasteiger partial charge in [-0.25, -0.2) is 9.07 Å². The maximum absolute atomic E-state index is 13.1. The van der Waals surface area contributed by atoms with Gasteiger partial charge in [0, 0.05) is 28.0 Å². The summed E-state index contributed by atoms with van der Waals surface area (Å²) in [7, 11) is 0. The van der Waals surface area contributed by atoms with E-state index >= 15 is 0 Å². The summed E-state index contributed by atoms with van der Waals surface area (Å²) in [5.41, 5.74) is 1.54. The maximum Gasteiger partial charge on any atom is 0.275 e. The fourth-order valence-corrected chi connectivity index (χ4v) is 4.26. The van der Waals surface area contributed by atoms with Crippen molar-refractivity contribution in [3.05, 3.63) is 70.8 Å². The molecule has 0 bridgehead atoms.